The van der Waals surface area contributed by atoms with E-state index in [2.05, 4.69) is 20.6 Å². The number of ether oxygens (including phenoxy) is 2. The minimum atomic E-state index is -4.61. The van der Waals surface area contributed by atoms with Gasteiger partial charge >= 0.3 is 6.18 Å². The second-order valence-corrected chi connectivity index (χ2v) is 8.77. The molecular formula is C25H27F3N6O3. The molecule has 0 saturated carbocycles. The van der Waals surface area contributed by atoms with Crippen LogP contribution < -0.4 is 21.1 Å². The van der Waals surface area contributed by atoms with Gasteiger partial charge in [0, 0.05) is 41.9 Å². The van der Waals surface area contributed by atoms with Crippen molar-refractivity contribution in [3.63, 3.8) is 0 Å². The lowest BCUT2D eigenvalue weighted by Gasteiger charge is -2.18. The molecule has 2 heterocycles. The smallest absolute Gasteiger partial charge is 0.418 e. The fourth-order valence-corrected chi connectivity index (χ4v) is 3.73. The Morgan fingerprint density at radius 1 is 1.27 bits per heavy atom. The number of nitrogens with one attached hydrogen (secondary N) is 2. The molecule has 12 heteroatoms. The number of aromatic nitrogens is 2. The predicted octanol–water partition coefficient (Wildman–Crippen LogP) is 4.20. The van der Waals surface area contributed by atoms with Gasteiger partial charge in [0.2, 0.25) is 5.91 Å². The first-order valence-electron chi connectivity index (χ1n) is 11.5. The Hall–Kier alpha value is -3.90. The van der Waals surface area contributed by atoms with Crippen LogP contribution in [0.1, 0.15) is 12.0 Å². The number of benzene rings is 2. The molecule has 4 rings (SSSR count). The van der Waals surface area contributed by atoms with E-state index in [1.807, 2.05) is 19.0 Å². The summed E-state index contributed by atoms with van der Waals surface area (Å²) in [5, 5.41) is 6.19. The van der Waals surface area contributed by atoms with E-state index in [4.69, 9.17) is 15.2 Å². The third-order valence-electron chi connectivity index (χ3n) is 5.54. The number of alkyl halides is 3. The number of anilines is 4. The summed E-state index contributed by atoms with van der Waals surface area (Å²) in [7, 11) is 3.77. The Bertz CT molecular complexity index is 1310. The topological polar surface area (TPSA) is 115 Å². The van der Waals surface area contributed by atoms with Gasteiger partial charge in [0.05, 0.1) is 30.0 Å². The van der Waals surface area contributed by atoms with Gasteiger partial charge in [-0.05, 0) is 38.4 Å². The van der Waals surface area contributed by atoms with Gasteiger partial charge < -0.3 is 30.7 Å². The summed E-state index contributed by atoms with van der Waals surface area (Å²) in [4.78, 5) is 23.0. The Labute approximate surface area is 211 Å². The molecular weight excluding hydrogens is 489 g/mol. The quantitative estimate of drug-likeness (QED) is 0.302. The number of hydrogen-bond acceptors (Lipinski definition) is 8. The highest BCUT2D eigenvalue weighted by Gasteiger charge is 2.33. The molecule has 9 nitrogen and oxygen atoms in total. The minimum Gasteiger partial charge on any atom is -0.486 e. The van der Waals surface area contributed by atoms with E-state index >= 15 is 0 Å². The van der Waals surface area contributed by atoms with Gasteiger partial charge in [-0.25, -0.2) is 9.97 Å². The fraction of sp³-hybridized carbons (Fsp3) is 0.320. The lowest BCUT2D eigenvalue weighted by molar-refractivity contribution is -0.136. The number of fused-ring (bicyclic) bond motifs is 1. The average Bonchev–Trinajstić information content (AvgIpc) is 3.33. The Kier molecular flexibility index (Phi) is 7.79. The molecule has 0 bridgehead atoms. The molecule has 1 aliphatic rings. The average molecular weight is 517 g/mol. The van der Waals surface area contributed by atoms with Crippen LogP contribution in [0.3, 0.4) is 0 Å². The Morgan fingerprint density at radius 3 is 2.78 bits per heavy atom. The van der Waals surface area contributed by atoms with Crippen molar-refractivity contribution in [1.82, 2.24) is 14.9 Å². The molecule has 4 N–H and O–H groups in total. The van der Waals surface area contributed by atoms with Crippen LogP contribution in [0.4, 0.5) is 36.1 Å². The molecule has 196 valence electrons. The van der Waals surface area contributed by atoms with Gasteiger partial charge in [0.15, 0.2) is 0 Å². The highest BCUT2D eigenvalue weighted by molar-refractivity contribution is 6.03. The largest absolute Gasteiger partial charge is 0.486 e. The van der Waals surface area contributed by atoms with Crippen LogP contribution in [0.25, 0.3) is 10.9 Å². The second-order valence-electron chi connectivity index (χ2n) is 8.77. The summed E-state index contributed by atoms with van der Waals surface area (Å²) in [5.41, 5.74) is 5.16. The maximum Gasteiger partial charge on any atom is 0.418 e. The van der Waals surface area contributed by atoms with Gasteiger partial charge in [0.25, 0.3) is 0 Å². The molecule has 3 aromatic rings. The summed E-state index contributed by atoms with van der Waals surface area (Å²) in [6, 6.07) is 6.80. The van der Waals surface area contributed by atoms with E-state index in [9.17, 15) is 18.0 Å². The van der Waals surface area contributed by atoms with Crippen molar-refractivity contribution in [3.05, 3.63) is 54.4 Å². The van der Waals surface area contributed by atoms with Gasteiger partial charge in [-0.15, -0.1) is 0 Å². The lowest BCUT2D eigenvalue weighted by Crippen LogP contribution is -2.18. The number of nitrogen functional groups attached to an aromatic ring is 1. The van der Waals surface area contributed by atoms with Crippen molar-refractivity contribution in [2.24, 2.45) is 0 Å². The number of carbonyl (C=O) groups excluding carboxylic acids is 1. The van der Waals surface area contributed by atoms with Gasteiger partial charge in [0.1, 0.15) is 24.0 Å². The highest BCUT2D eigenvalue weighted by Crippen LogP contribution is 2.37. The first-order chi connectivity index (χ1) is 17.6. The molecule has 1 fully saturated rings. The number of carbonyl (C=O) groups is 1. The van der Waals surface area contributed by atoms with Crippen molar-refractivity contribution in [2.45, 2.75) is 18.7 Å². The molecule has 0 radical (unpaired) electrons. The predicted molar refractivity (Wildman–Crippen MR) is 135 cm³/mol. The molecule has 0 aliphatic carbocycles. The summed E-state index contributed by atoms with van der Waals surface area (Å²) < 4.78 is 51.5. The van der Waals surface area contributed by atoms with E-state index < -0.39 is 11.7 Å². The number of likely N-dealkylation sites (N-methyl/N-ethyl adjacent to an activating group) is 1. The highest BCUT2D eigenvalue weighted by atomic mass is 19.4. The van der Waals surface area contributed by atoms with Crippen molar-refractivity contribution >= 4 is 39.7 Å². The van der Waals surface area contributed by atoms with Gasteiger partial charge in [-0.3, -0.25) is 4.79 Å². The zero-order valence-electron chi connectivity index (χ0n) is 20.3. The molecule has 37 heavy (non-hydrogen) atoms. The van der Waals surface area contributed by atoms with Crippen LogP contribution in [-0.4, -0.2) is 60.7 Å². The maximum absolute atomic E-state index is 13.3. The van der Waals surface area contributed by atoms with Crippen molar-refractivity contribution in [3.8, 4) is 5.75 Å². The van der Waals surface area contributed by atoms with Crippen molar-refractivity contribution < 1.29 is 27.4 Å². The number of amides is 1. The van der Waals surface area contributed by atoms with E-state index in [1.165, 1.54) is 24.5 Å². The SMILES string of the molecule is CN(C)C/C=C/C(=O)Nc1cc2c(Nc3ccc(N)c(C(F)(F)F)c3)ncnc2cc1O[C@@H]1CCOC1. The molecule has 1 amide bonds. The van der Waals surface area contributed by atoms with E-state index in [-0.39, 0.29) is 29.2 Å². The Balaban J connectivity index is 1.70. The van der Waals surface area contributed by atoms with Crippen molar-refractivity contribution in [2.75, 3.05) is 50.2 Å². The summed E-state index contributed by atoms with van der Waals surface area (Å²) >= 11 is 0. The monoisotopic (exact) mass is 516 g/mol. The standard InChI is InChI=1S/C25H27F3N6O3/c1-34(2)8-3-4-23(35)33-21-11-17-20(12-22(21)37-16-7-9-36-13-16)30-14-31-24(17)32-15-5-6-19(29)18(10-15)25(26,27)28/h3-6,10-12,14,16H,7-9,13,29H2,1-2H3,(H,33,35)(H,30,31,32)/b4-3+/t16-/m1/s1. The summed E-state index contributed by atoms with van der Waals surface area (Å²) in [5.74, 6) is 0.277. The van der Waals surface area contributed by atoms with Crippen LogP contribution in [0, 0.1) is 0 Å². The second kappa shape index (κ2) is 11.0. The van der Waals surface area contributed by atoms with Crippen LogP contribution in [0.15, 0.2) is 48.8 Å². The number of nitrogens with two attached hydrogens (primary N) is 1. The normalized spacial score (nSPS) is 16.0. The lowest BCUT2D eigenvalue weighted by atomic mass is 10.1. The van der Waals surface area contributed by atoms with E-state index in [0.29, 0.717) is 48.5 Å². The molecule has 1 saturated heterocycles. The van der Waals surface area contributed by atoms with E-state index in [1.54, 1.807) is 18.2 Å². The summed E-state index contributed by atoms with van der Waals surface area (Å²) in [6.45, 7) is 1.58. The van der Waals surface area contributed by atoms with E-state index in [0.717, 1.165) is 6.07 Å². The molecule has 0 spiro atoms. The number of hydrogen-bond donors (Lipinski definition) is 3. The third-order valence-corrected chi connectivity index (χ3v) is 5.54. The van der Waals surface area contributed by atoms with Crippen LogP contribution >= 0.6 is 0 Å². The Morgan fingerprint density at radius 2 is 2.08 bits per heavy atom. The minimum absolute atomic E-state index is 0.141. The number of rotatable bonds is 8. The number of halogens is 3. The zero-order valence-corrected chi connectivity index (χ0v) is 20.3. The van der Waals surface area contributed by atoms with Gasteiger partial charge in [-0.1, -0.05) is 6.08 Å². The van der Waals surface area contributed by atoms with Crippen LogP contribution in [0.5, 0.6) is 5.75 Å². The number of nitrogens with zero attached hydrogens (tertiary/aromatic N) is 3. The van der Waals surface area contributed by atoms with Gasteiger partial charge in [-0.2, -0.15) is 13.2 Å². The van der Waals surface area contributed by atoms with Crippen molar-refractivity contribution in [1.29, 1.82) is 0 Å². The molecule has 1 aliphatic heterocycles. The van der Waals surface area contributed by atoms with Crippen LogP contribution in [0.2, 0.25) is 0 Å². The maximum atomic E-state index is 13.3. The summed E-state index contributed by atoms with van der Waals surface area (Å²) in [6.07, 6.45) is 0.328. The zero-order chi connectivity index (χ0) is 26.6. The first-order valence-corrected chi connectivity index (χ1v) is 11.5. The molecule has 1 atom stereocenters. The third kappa shape index (κ3) is 6.66. The molecule has 0 unspecified atom stereocenters. The molecule has 1 aromatic heterocycles. The fourth-order valence-electron chi connectivity index (χ4n) is 3.73. The molecule has 2 aromatic carbocycles. The van der Waals surface area contributed by atoms with Crippen LogP contribution in [-0.2, 0) is 15.7 Å². The first kappa shape index (κ1) is 26.2.